The Kier molecular flexibility index (Phi) is 5.60. The third-order valence-electron chi connectivity index (χ3n) is 6.87. The summed E-state index contributed by atoms with van der Waals surface area (Å²) in [5.74, 6) is -0.355. The number of benzene rings is 2. The minimum Gasteiger partial charge on any atom is -0.349 e. The van der Waals surface area contributed by atoms with Crippen LogP contribution >= 0.6 is 12.4 Å². The van der Waals surface area contributed by atoms with Crippen molar-refractivity contribution >= 4 is 29.2 Å². The van der Waals surface area contributed by atoms with Gasteiger partial charge < -0.3 is 14.8 Å². The van der Waals surface area contributed by atoms with E-state index in [2.05, 4.69) is 17.3 Å². The van der Waals surface area contributed by atoms with E-state index in [1.807, 2.05) is 41.9 Å². The van der Waals surface area contributed by atoms with Crippen molar-refractivity contribution in [1.82, 2.24) is 14.8 Å². The zero-order valence-electron chi connectivity index (χ0n) is 17.3. The van der Waals surface area contributed by atoms with Crippen LogP contribution in [-0.4, -0.2) is 40.5 Å². The Morgan fingerprint density at radius 3 is 2.37 bits per heavy atom. The molecule has 1 amide bonds. The Hall–Kier alpha value is -2.37. The number of amides is 1. The molecule has 2 saturated heterocycles. The van der Waals surface area contributed by atoms with Gasteiger partial charge in [-0.2, -0.15) is 0 Å². The topological polar surface area (TPSA) is 37.3 Å². The van der Waals surface area contributed by atoms with Crippen molar-refractivity contribution < 1.29 is 9.18 Å². The molecule has 3 heterocycles. The van der Waals surface area contributed by atoms with Gasteiger partial charge in [0.05, 0.1) is 16.8 Å². The Morgan fingerprint density at radius 2 is 1.70 bits per heavy atom. The van der Waals surface area contributed by atoms with Gasteiger partial charge in [0.1, 0.15) is 5.82 Å². The number of hydrogen-bond acceptors (Lipinski definition) is 2. The third-order valence-corrected chi connectivity index (χ3v) is 6.87. The molecule has 1 N–H and O–H groups in total. The predicted octanol–water partition coefficient (Wildman–Crippen LogP) is 4.76. The molecule has 2 aromatic carbocycles. The van der Waals surface area contributed by atoms with E-state index in [0.29, 0.717) is 17.6 Å². The lowest BCUT2D eigenvalue weighted by molar-refractivity contribution is 0.0884. The zero-order chi connectivity index (χ0) is 20.1. The molecule has 0 unspecified atom stereocenters. The Morgan fingerprint density at radius 1 is 1.03 bits per heavy atom. The summed E-state index contributed by atoms with van der Waals surface area (Å²) in [4.78, 5) is 16.0. The Bertz CT molecular complexity index is 1070. The highest BCUT2D eigenvalue weighted by Gasteiger charge is 2.39. The normalized spacial score (nSPS) is 23.4. The molecule has 158 valence electrons. The number of halogens is 2. The fourth-order valence-electron chi connectivity index (χ4n) is 5.36. The van der Waals surface area contributed by atoms with Crippen LogP contribution in [0.3, 0.4) is 0 Å². The molecule has 2 fully saturated rings. The predicted molar refractivity (Wildman–Crippen MR) is 121 cm³/mol. The van der Waals surface area contributed by atoms with Gasteiger partial charge in [0, 0.05) is 30.6 Å². The van der Waals surface area contributed by atoms with E-state index in [1.54, 1.807) is 6.07 Å². The number of piperidine rings is 1. The number of nitrogens with zero attached hydrogens (tertiary/aromatic N) is 2. The van der Waals surface area contributed by atoms with Gasteiger partial charge in [0.2, 0.25) is 0 Å². The van der Waals surface area contributed by atoms with Gasteiger partial charge in [0.15, 0.2) is 0 Å². The lowest BCUT2D eigenvalue weighted by Crippen LogP contribution is -2.48. The van der Waals surface area contributed by atoms with E-state index in [0.717, 1.165) is 35.0 Å². The molecular formula is C24H27ClFN3O. The van der Waals surface area contributed by atoms with Crippen molar-refractivity contribution in [3.63, 3.8) is 0 Å². The smallest absolute Gasteiger partial charge is 0.254 e. The number of rotatable bonds is 3. The highest BCUT2D eigenvalue weighted by atomic mass is 35.5. The number of carbonyl (C=O) groups is 1. The van der Waals surface area contributed by atoms with Crippen molar-refractivity contribution in [2.75, 3.05) is 7.05 Å². The highest BCUT2D eigenvalue weighted by Crippen LogP contribution is 2.36. The van der Waals surface area contributed by atoms with Crippen molar-refractivity contribution in [1.29, 1.82) is 0 Å². The fourth-order valence-corrected chi connectivity index (χ4v) is 5.36. The third kappa shape index (κ3) is 3.40. The number of aryl methyl sites for hydroxylation is 1. The molecule has 1 aromatic heterocycles. The lowest BCUT2D eigenvalue weighted by Gasteiger charge is -2.36. The van der Waals surface area contributed by atoms with Crippen molar-refractivity contribution in [3.8, 4) is 11.3 Å². The molecule has 4 nitrogen and oxygen atoms in total. The maximum Gasteiger partial charge on any atom is 0.254 e. The minimum absolute atomic E-state index is 0. The summed E-state index contributed by atoms with van der Waals surface area (Å²) in [5.41, 5.74) is 3.16. The average molecular weight is 428 g/mol. The summed E-state index contributed by atoms with van der Waals surface area (Å²) >= 11 is 0. The van der Waals surface area contributed by atoms with E-state index >= 15 is 0 Å². The van der Waals surface area contributed by atoms with Crippen LogP contribution in [0.5, 0.6) is 0 Å². The van der Waals surface area contributed by atoms with E-state index in [1.165, 1.54) is 25.0 Å². The summed E-state index contributed by atoms with van der Waals surface area (Å²) in [5, 5.41) is 4.11. The van der Waals surface area contributed by atoms with Crippen LogP contribution in [-0.2, 0) is 7.05 Å². The second-order valence-corrected chi connectivity index (χ2v) is 8.50. The first-order chi connectivity index (χ1) is 14.0. The SMILES string of the molecule is CN1[C@@H]2CC[C@H]1C[C@@H](NC(=O)c1c(-c3ccccc3)n(C)c3cc(F)ccc13)C2.Cl. The first-order valence-electron chi connectivity index (χ1n) is 10.4. The summed E-state index contributed by atoms with van der Waals surface area (Å²) in [6, 6.07) is 15.9. The van der Waals surface area contributed by atoms with Crippen molar-refractivity contribution in [3.05, 3.63) is 59.9 Å². The van der Waals surface area contributed by atoms with Gasteiger partial charge in [-0.3, -0.25) is 4.79 Å². The molecule has 6 heteroatoms. The van der Waals surface area contributed by atoms with Crippen LogP contribution in [0, 0.1) is 5.82 Å². The standard InChI is InChI=1S/C24H26FN3O.ClH/c1-27-18-9-10-19(27)14-17(13-18)26-24(29)22-20-11-8-16(25)12-21(20)28(2)23(22)15-6-4-3-5-7-15;/h3-8,11-12,17-19H,9-10,13-14H2,1-2H3,(H,26,29);1H/t17-,18+,19-;. The Labute approximate surface area is 182 Å². The maximum atomic E-state index is 13.9. The summed E-state index contributed by atoms with van der Waals surface area (Å²) in [7, 11) is 4.10. The second-order valence-electron chi connectivity index (χ2n) is 8.50. The van der Waals surface area contributed by atoms with Crippen LogP contribution in [0.25, 0.3) is 22.2 Å². The van der Waals surface area contributed by atoms with Crippen molar-refractivity contribution in [2.24, 2.45) is 7.05 Å². The fraction of sp³-hybridized carbons (Fsp3) is 0.375. The number of carbonyl (C=O) groups excluding carboxylic acids is 1. The van der Waals surface area contributed by atoms with Crippen LogP contribution < -0.4 is 5.32 Å². The van der Waals surface area contributed by atoms with E-state index < -0.39 is 0 Å². The lowest BCUT2D eigenvalue weighted by atomic mass is 9.97. The van der Waals surface area contributed by atoms with Crippen LogP contribution in [0.1, 0.15) is 36.0 Å². The summed E-state index contributed by atoms with van der Waals surface area (Å²) in [6.45, 7) is 0. The number of nitrogens with one attached hydrogen (secondary N) is 1. The molecule has 2 aliphatic heterocycles. The monoisotopic (exact) mass is 427 g/mol. The molecule has 0 spiro atoms. The van der Waals surface area contributed by atoms with Gasteiger partial charge in [-0.25, -0.2) is 4.39 Å². The van der Waals surface area contributed by atoms with Gasteiger partial charge in [-0.15, -0.1) is 12.4 Å². The average Bonchev–Trinajstić information content (AvgIpc) is 3.10. The zero-order valence-corrected chi connectivity index (χ0v) is 18.1. The van der Waals surface area contributed by atoms with Gasteiger partial charge >= 0.3 is 0 Å². The largest absolute Gasteiger partial charge is 0.349 e. The molecule has 3 aromatic rings. The van der Waals surface area contributed by atoms with Gasteiger partial charge in [-0.1, -0.05) is 30.3 Å². The molecule has 30 heavy (non-hydrogen) atoms. The van der Waals surface area contributed by atoms with Gasteiger partial charge in [0.25, 0.3) is 5.91 Å². The van der Waals surface area contributed by atoms with Crippen LogP contribution in [0.15, 0.2) is 48.5 Å². The molecular weight excluding hydrogens is 401 g/mol. The Balaban J connectivity index is 0.00000218. The quantitative estimate of drug-likeness (QED) is 0.654. The molecule has 0 saturated carbocycles. The first-order valence-corrected chi connectivity index (χ1v) is 10.4. The maximum absolute atomic E-state index is 13.9. The van der Waals surface area contributed by atoms with E-state index in [9.17, 15) is 9.18 Å². The van der Waals surface area contributed by atoms with Crippen LogP contribution in [0.2, 0.25) is 0 Å². The molecule has 0 radical (unpaired) electrons. The number of hydrogen-bond donors (Lipinski definition) is 1. The highest BCUT2D eigenvalue weighted by molar-refractivity contribution is 6.12. The summed E-state index contributed by atoms with van der Waals surface area (Å²) in [6.07, 6.45) is 4.43. The van der Waals surface area contributed by atoms with E-state index in [4.69, 9.17) is 0 Å². The molecule has 5 rings (SSSR count). The first kappa shape index (κ1) is 20.9. The molecule has 3 atom stereocenters. The molecule has 0 aliphatic carbocycles. The minimum atomic E-state index is -0.295. The van der Waals surface area contributed by atoms with E-state index in [-0.39, 0.29) is 30.2 Å². The molecule has 2 bridgehead atoms. The number of fused-ring (bicyclic) bond motifs is 3. The van der Waals surface area contributed by atoms with Crippen molar-refractivity contribution in [2.45, 2.75) is 43.8 Å². The number of aromatic nitrogens is 1. The van der Waals surface area contributed by atoms with Gasteiger partial charge in [-0.05, 0) is 56.5 Å². The van der Waals surface area contributed by atoms with Crippen LogP contribution in [0.4, 0.5) is 4.39 Å². The summed E-state index contributed by atoms with van der Waals surface area (Å²) < 4.78 is 15.9. The second kappa shape index (κ2) is 8.05. The molecule has 2 aliphatic rings.